The van der Waals surface area contributed by atoms with Crippen LogP contribution in [0.25, 0.3) is 0 Å². The fraction of sp³-hybridized carbons (Fsp3) is 0.675. The Morgan fingerprint density at radius 3 is 0.783 bits per heavy atom. The van der Waals surface area contributed by atoms with Crippen LogP contribution in [0.5, 0.6) is 0 Å². The SMILES string of the molecule is CC/C=C\C/C=C\C/C=C\C/C=C\C/C=C\C/C=C\C/C=C\CCCCCCCCCCCC(=O)OCC(COC(=O)CCCCCCC/C=C\C/C=C\CCC)OC(=O)CCCCCCCCCCC/C=C\C/C=C\CCCCCCC. The molecule has 0 aromatic rings. The molecule has 0 amide bonds. The van der Waals surface area contributed by atoms with Crippen molar-refractivity contribution in [2.75, 3.05) is 13.2 Å². The fourth-order valence-electron chi connectivity index (χ4n) is 9.43. The fourth-order valence-corrected chi connectivity index (χ4v) is 9.43. The van der Waals surface area contributed by atoms with Gasteiger partial charge in [-0.05, 0) is 135 Å². The molecular formula is C77H128O6. The van der Waals surface area contributed by atoms with E-state index in [1.165, 1.54) is 128 Å². The average molecular weight is 1150 g/mol. The van der Waals surface area contributed by atoms with Crippen molar-refractivity contribution in [2.24, 2.45) is 0 Å². The van der Waals surface area contributed by atoms with Gasteiger partial charge in [-0.3, -0.25) is 14.4 Å². The Bertz CT molecular complexity index is 1750. The maximum absolute atomic E-state index is 12.9. The molecule has 1 unspecified atom stereocenters. The highest BCUT2D eigenvalue weighted by atomic mass is 16.6. The lowest BCUT2D eigenvalue weighted by atomic mass is 10.1. The van der Waals surface area contributed by atoms with Crippen LogP contribution in [-0.2, 0) is 28.6 Å². The highest BCUT2D eigenvalue weighted by molar-refractivity contribution is 5.71. The Balaban J connectivity index is 4.32. The van der Waals surface area contributed by atoms with Crippen LogP contribution in [0.4, 0.5) is 0 Å². The first kappa shape index (κ1) is 78.5. The van der Waals surface area contributed by atoms with Crippen molar-refractivity contribution >= 4 is 17.9 Å². The maximum Gasteiger partial charge on any atom is 0.306 e. The second-order valence-electron chi connectivity index (χ2n) is 22.7. The lowest BCUT2D eigenvalue weighted by molar-refractivity contribution is -0.167. The van der Waals surface area contributed by atoms with Crippen molar-refractivity contribution in [3.05, 3.63) is 134 Å². The van der Waals surface area contributed by atoms with Crippen molar-refractivity contribution in [2.45, 2.75) is 322 Å². The van der Waals surface area contributed by atoms with Gasteiger partial charge in [-0.2, -0.15) is 0 Å². The normalized spacial score (nSPS) is 13.0. The molecule has 0 fully saturated rings. The Hall–Kier alpha value is -4.45. The van der Waals surface area contributed by atoms with E-state index in [4.69, 9.17) is 14.2 Å². The molecule has 0 saturated heterocycles. The summed E-state index contributed by atoms with van der Waals surface area (Å²) in [5.41, 5.74) is 0. The van der Waals surface area contributed by atoms with Crippen molar-refractivity contribution in [3.8, 4) is 0 Å². The Labute approximate surface area is 513 Å². The van der Waals surface area contributed by atoms with E-state index in [-0.39, 0.29) is 31.1 Å². The van der Waals surface area contributed by atoms with Gasteiger partial charge in [0.2, 0.25) is 0 Å². The number of carbonyl (C=O) groups excluding carboxylic acids is 3. The lowest BCUT2D eigenvalue weighted by Gasteiger charge is -2.18. The number of esters is 3. The van der Waals surface area contributed by atoms with Gasteiger partial charge in [0.1, 0.15) is 13.2 Å². The summed E-state index contributed by atoms with van der Waals surface area (Å²) in [6, 6.07) is 0. The predicted octanol–water partition coefficient (Wildman–Crippen LogP) is 24.1. The Kier molecular flexibility index (Phi) is 66.3. The molecular weight excluding hydrogens is 1020 g/mol. The summed E-state index contributed by atoms with van der Waals surface area (Å²) >= 11 is 0. The van der Waals surface area contributed by atoms with Crippen molar-refractivity contribution in [1.82, 2.24) is 0 Å². The summed E-state index contributed by atoms with van der Waals surface area (Å²) in [5, 5.41) is 0. The molecule has 0 spiro atoms. The third-order valence-corrected chi connectivity index (χ3v) is 14.6. The third-order valence-electron chi connectivity index (χ3n) is 14.6. The molecule has 0 radical (unpaired) electrons. The van der Waals surface area contributed by atoms with E-state index in [9.17, 15) is 14.4 Å². The van der Waals surface area contributed by atoms with E-state index in [0.717, 1.165) is 148 Å². The molecule has 0 aromatic carbocycles. The highest BCUT2D eigenvalue weighted by Gasteiger charge is 2.19. The van der Waals surface area contributed by atoms with E-state index in [1.807, 2.05) is 0 Å². The standard InChI is InChI=1S/C77H128O6/c1-4-7-10-13-16-19-22-25-27-29-31-33-34-35-36-37-38-39-40-41-42-44-45-47-49-52-55-58-61-64-67-70-76(79)82-73-74(72-81-75(78)69-66-63-60-57-54-51-24-21-18-15-12-9-6-3)83-77(80)71-68-65-62-59-56-53-50-48-46-43-32-30-28-26-23-20-17-14-11-8-5-2/h7,10,12,15-16,19,21,23-27,30-33,35-36,38-39,41-42,74H,4-6,8-9,11,13-14,17-18,20,22,28-29,34,37,40,43-73H2,1-3H3/b10-7-,15-12-,19-16-,24-21-,26-23-,27-25-,32-30-,33-31-,36-35-,39-38-,42-41-. The molecule has 0 aromatic heterocycles. The largest absolute Gasteiger partial charge is 0.462 e. The number of unbranched alkanes of at least 4 members (excludes halogenated alkanes) is 29. The first-order chi connectivity index (χ1) is 41.0. The van der Waals surface area contributed by atoms with Crippen LogP contribution >= 0.6 is 0 Å². The van der Waals surface area contributed by atoms with E-state index in [1.54, 1.807) is 0 Å². The molecule has 0 aliphatic rings. The molecule has 6 heteroatoms. The van der Waals surface area contributed by atoms with Gasteiger partial charge in [-0.15, -0.1) is 0 Å². The maximum atomic E-state index is 12.9. The molecule has 6 nitrogen and oxygen atoms in total. The van der Waals surface area contributed by atoms with E-state index >= 15 is 0 Å². The van der Waals surface area contributed by atoms with Crippen molar-refractivity contribution in [3.63, 3.8) is 0 Å². The predicted molar refractivity (Wildman–Crippen MR) is 362 cm³/mol. The molecule has 0 rings (SSSR count). The van der Waals surface area contributed by atoms with Gasteiger partial charge in [0.05, 0.1) is 0 Å². The van der Waals surface area contributed by atoms with Gasteiger partial charge < -0.3 is 14.2 Å². The second-order valence-corrected chi connectivity index (χ2v) is 22.7. The molecule has 83 heavy (non-hydrogen) atoms. The molecule has 0 aliphatic heterocycles. The number of allylic oxidation sites excluding steroid dienone is 22. The molecule has 1 atom stereocenters. The second kappa shape index (κ2) is 70.0. The number of ether oxygens (including phenoxy) is 3. The summed E-state index contributed by atoms with van der Waals surface area (Å²) in [6.07, 6.45) is 98.9. The number of hydrogen-bond donors (Lipinski definition) is 0. The van der Waals surface area contributed by atoms with Gasteiger partial charge in [0.25, 0.3) is 0 Å². The third kappa shape index (κ3) is 68.2. The van der Waals surface area contributed by atoms with Gasteiger partial charge in [0, 0.05) is 19.3 Å². The summed E-state index contributed by atoms with van der Waals surface area (Å²) < 4.78 is 16.9. The zero-order valence-corrected chi connectivity index (χ0v) is 54.2. The lowest BCUT2D eigenvalue weighted by Crippen LogP contribution is -2.30. The molecule has 472 valence electrons. The minimum Gasteiger partial charge on any atom is -0.462 e. The van der Waals surface area contributed by atoms with Gasteiger partial charge in [-0.1, -0.05) is 296 Å². The van der Waals surface area contributed by atoms with E-state index in [0.29, 0.717) is 19.3 Å². The molecule has 0 saturated carbocycles. The van der Waals surface area contributed by atoms with Gasteiger partial charge >= 0.3 is 17.9 Å². The zero-order chi connectivity index (χ0) is 59.9. The van der Waals surface area contributed by atoms with Gasteiger partial charge in [0.15, 0.2) is 6.10 Å². The summed E-state index contributed by atoms with van der Waals surface area (Å²) in [7, 11) is 0. The summed E-state index contributed by atoms with van der Waals surface area (Å²) in [6.45, 7) is 6.45. The van der Waals surface area contributed by atoms with Crippen LogP contribution in [0.1, 0.15) is 316 Å². The molecule has 0 bridgehead atoms. The van der Waals surface area contributed by atoms with Crippen LogP contribution in [0.2, 0.25) is 0 Å². The zero-order valence-electron chi connectivity index (χ0n) is 54.2. The summed E-state index contributed by atoms with van der Waals surface area (Å²) in [5.74, 6) is -0.907. The van der Waals surface area contributed by atoms with E-state index < -0.39 is 6.10 Å². The van der Waals surface area contributed by atoms with Crippen LogP contribution in [0, 0.1) is 0 Å². The smallest absolute Gasteiger partial charge is 0.306 e. The minimum absolute atomic E-state index is 0.0897. The Morgan fingerprint density at radius 1 is 0.253 bits per heavy atom. The molecule has 0 heterocycles. The van der Waals surface area contributed by atoms with Crippen molar-refractivity contribution in [1.29, 1.82) is 0 Å². The van der Waals surface area contributed by atoms with Crippen LogP contribution in [0.15, 0.2) is 134 Å². The number of rotatable bonds is 62. The van der Waals surface area contributed by atoms with Crippen LogP contribution in [-0.4, -0.2) is 37.2 Å². The monoisotopic (exact) mass is 1150 g/mol. The van der Waals surface area contributed by atoms with Crippen molar-refractivity contribution < 1.29 is 28.6 Å². The topological polar surface area (TPSA) is 78.9 Å². The number of carbonyl (C=O) groups is 3. The molecule has 0 aliphatic carbocycles. The quantitative estimate of drug-likeness (QED) is 0.0261. The first-order valence-electron chi connectivity index (χ1n) is 34.7. The Morgan fingerprint density at radius 2 is 0.494 bits per heavy atom. The first-order valence-corrected chi connectivity index (χ1v) is 34.7. The minimum atomic E-state index is -0.794. The highest BCUT2D eigenvalue weighted by Crippen LogP contribution is 2.16. The van der Waals surface area contributed by atoms with E-state index in [2.05, 4.69) is 154 Å². The molecule has 0 N–H and O–H groups in total. The summed E-state index contributed by atoms with van der Waals surface area (Å²) in [4.78, 5) is 38.4. The van der Waals surface area contributed by atoms with Gasteiger partial charge in [-0.25, -0.2) is 0 Å². The average Bonchev–Trinajstić information content (AvgIpc) is 3.49. The number of hydrogen-bond acceptors (Lipinski definition) is 6. The van der Waals surface area contributed by atoms with Crippen LogP contribution in [0.3, 0.4) is 0 Å². The van der Waals surface area contributed by atoms with Crippen LogP contribution < -0.4 is 0 Å².